The van der Waals surface area contributed by atoms with E-state index in [2.05, 4.69) is 48.4 Å². The minimum atomic E-state index is 0.553. The average molecular weight is 406 g/mol. The number of hydrogen-bond acceptors (Lipinski definition) is 6. The number of thiophene rings is 1. The van der Waals surface area contributed by atoms with Gasteiger partial charge in [-0.05, 0) is 74.3 Å². The largest absolute Gasteiger partial charge is 0.309 e. The van der Waals surface area contributed by atoms with E-state index >= 15 is 0 Å². The quantitative estimate of drug-likeness (QED) is 0.655. The number of likely N-dealkylation sites (tertiary alicyclic amines) is 2. The molecular formula is C20H31N5S2. The van der Waals surface area contributed by atoms with Gasteiger partial charge in [-0.25, -0.2) is 0 Å². The van der Waals surface area contributed by atoms with Gasteiger partial charge in [0.15, 0.2) is 5.16 Å². The zero-order valence-corrected chi connectivity index (χ0v) is 18.0. The van der Waals surface area contributed by atoms with Crippen molar-refractivity contribution in [2.75, 3.05) is 38.5 Å². The molecule has 7 heteroatoms. The van der Waals surface area contributed by atoms with Gasteiger partial charge >= 0.3 is 0 Å². The lowest BCUT2D eigenvalue weighted by atomic mass is 9.96. The second-order valence-electron chi connectivity index (χ2n) is 7.83. The van der Waals surface area contributed by atoms with Gasteiger partial charge in [0, 0.05) is 31.8 Å². The first-order valence-corrected chi connectivity index (χ1v) is 12.2. The van der Waals surface area contributed by atoms with Crippen molar-refractivity contribution in [2.24, 2.45) is 7.05 Å². The van der Waals surface area contributed by atoms with Gasteiger partial charge in [-0.3, -0.25) is 4.90 Å². The summed E-state index contributed by atoms with van der Waals surface area (Å²) in [7, 11) is 2.15. The molecule has 0 unspecified atom stereocenters. The van der Waals surface area contributed by atoms with Crippen LogP contribution in [0.4, 0.5) is 0 Å². The third-order valence-corrected chi connectivity index (χ3v) is 7.63. The van der Waals surface area contributed by atoms with Gasteiger partial charge in [-0.2, -0.15) is 11.3 Å². The second kappa shape index (κ2) is 9.54. The lowest BCUT2D eigenvalue weighted by Crippen LogP contribution is -2.33. The standard InChI is InChI=1S/C20H31N5S2/c1-23-19(18-5-10-25(11-6-18)15-17-7-13-26-16-17)21-22-20(23)27-14-12-24-8-3-2-4-9-24/h7,13,16,18H,2-6,8-12,14-15H2,1H3. The average Bonchev–Trinajstić information content (AvgIpc) is 3.34. The van der Waals surface area contributed by atoms with E-state index in [1.54, 1.807) is 11.3 Å². The van der Waals surface area contributed by atoms with Crippen LogP contribution in [0.2, 0.25) is 0 Å². The van der Waals surface area contributed by atoms with Crippen molar-refractivity contribution < 1.29 is 0 Å². The maximum Gasteiger partial charge on any atom is 0.191 e. The fraction of sp³-hybridized carbons (Fsp3) is 0.700. The predicted octanol–water partition coefficient (Wildman–Crippen LogP) is 3.83. The van der Waals surface area contributed by atoms with Gasteiger partial charge in [0.1, 0.15) is 5.82 Å². The van der Waals surface area contributed by atoms with Gasteiger partial charge in [0.2, 0.25) is 0 Å². The van der Waals surface area contributed by atoms with Gasteiger partial charge in [-0.1, -0.05) is 18.2 Å². The molecule has 0 saturated carbocycles. The Bertz CT molecular complexity index is 685. The van der Waals surface area contributed by atoms with Crippen LogP contribution in [0.25, 0.3) is 0 Å². The van der Waals surface area contributed by atoms with Crippen molar-refractivity contribution >= 4 is 23.1 Å². The summed E-state index contributed by atoms with van der Waals surface area (Å²) in [5.41, 5.74) is 1.45. The molecule has 148 valence electrons. The zero-order valence-electron chi connectivity index (χ0n) is 16.3. The SMILES string of the molecule is Cn1c(SCCN2CCCCC2)nnc1C1CCN(Cc2ccsc2)CC1. The number of hydrogen-bond donors (Lipinski definition) is 0. The summed E-state index contributed by atoms with van der Waals surface area (Å²) in [6, 6.07) is 2.24. The number of piperidine rings is 2. The van der Waals surface area contributed by atoms with E-state index < -0.39 is 0 Å². The van der Waals surface area contributed by atoms with Gasteiger partial charge in [0.05, 0.1) is 0 Å². The van der Waals surface area contributed by atoms with Crippen LogP contribution in [0.3, 0.4) is 0 Å². The predicted molar refractivity (Wildman–Crippen MR) is 114 cm³/mol. The van der Waals surface area contributed by atoms with E-state index in [0.29, 0.717) is 5.92 Å². The number of nitrogens with zero attached hydrogens (tertiary/aromatic N) is 5. The van der Waals surface area contributed by atoms with Crippen molar-refractivity contribution in [1.82, 2.24) is 24.6 Å². The minimum Gasteiger partial charge on any atom is -0.309 e. The maximum atomic E-state index is 4.57. The third-order valence-electron chi connectivity index (χ3n) is 5.89. The van der Waals surface area contributed by atoms with E-state index in [4.69, 9.17) is 0 Å². The van der Waals surface area contributed by atoms with Crippen LogP contribution in [-0.2, 0) is 13.6 Å². The highest BCUT2D eigenvalue weighted by molar-refractivity contribution is 7.99. The van der Waals surface area contributed by atoms with Crippen molar-refractivity contribution in [2.45, 2.75) is 49.7 Å². The molecule has 5 nitrogen and oxygen atoms in total. The first-order chi connectivity index (χ1) is 13.3. The van der Waals surface area contributed by atoms with Gasteiger partial charge < -0.3 is 9.47 Å². The molecular weight excluding hydrogens is 374 g/mol. The Morgan fingerprint density at radius 1 is 1.07 bits per heavy atom. The number of rotatable bonds is 7. The Balaban J connectivity index is 1.25. The van der Waals surface area contributed by atoms with E-state index in [9.17, 15) is 0 Å². The summed E-state index contributed by atoms with van der Waals surface area (Å²) < 4.78 is 2.25. The highest BCUT2D eigenvalue weighted by Gasteiger charge is 2.25. The van der Waals surface area contributed by atoms with Crippen molar-refractivity contribution in [3.8, 4) is 0 Å². The molecule has 2 aliphatic rings. The number of thioether (sulfide) groups is 1. The Labute approximate surface area is 171 Å². The topological polar surface area (TPSA) is 37.2 Å². The molecule has 0 aromatic carbocycles. The Kier molecular flexibility index (Phi) is 6.87. The van der Waals surface area contributed by atoms with Crippen LogP contribution in [-0.4, -0.2) is 63.0 Å². The van der Waals surface area contributed by atoms with Crippen LogP contribution in [0, 0.1) is 0 Å². The van der Waals surface area contributed by atoms with Gasteiger partial charge in [-0.15, -0.1) is 10.2 Å². The summed E-state index contributed by atoms with van der Waals surface area (Å²) in [5, 5.41) is 14.6. The summed E-state index contributed by atoms with van der Waals surface area (Å²) in [6.07, 6.45) is 6.51. The van der Waals surface area contributed by atoms with E-state index in [0.717, 1.165) is 30.5 Å². The Morgan fingerprint density at radius 3 is 2.63 bits per heavy atom. The molecule has 4 heterocycles. The maximum absolute atomic E-state index is 4.57. The smallest absolute Gasteiger partial charge is 0.191 e. The molecule has 2 aromatic rings. The molecule has 2 fully saturated rings. The fourth-order valence-electron chi connectivity index (χ4n) is 4.25. The van der Waals surface area contributed by atoms with Crippen molar-refractivity contribution in [3.63, 3.8) is 0 Å². The Morgan fingerprint density at radius 2 is 1.89 bits per heavy atom. The lowest BCUT2D eigenvalue weighted by molar-refractivity contribution is 0.200. The second-order valence-corrected chi connectivity index (χ2v) is 9.67. The van der Waals surface area contributed by atoms with E-state index in [-0.39, 0.29) is 0 Å². The highest BCUT2D eigenvalue weighted by Crippen LogP contribution is 2.29. The molecule has 0 amide bonds. The highest BCUT2D eigenvalue weighted by atomic mass is 32.2. The monoisotopic (exact) mass is 405 g/mol. The van der Waals surface area contributed by atoms with Gasteiger partial charge in [0.25, 0.3) is 0 Å². The molecule has 0 bridgehead atoms. The molecule has 0 aliphatic carbocycles. The molecule has 27 heavy (non-hydrogen) atoms. The first-order valence-electron chi connectivity index (χ1n) is 10.3. The lowest BCUT2D eigenvalue weighted by Gasteiger charge is -2.31. The molecule has 0 radical (unpaired) electrons. The van der Waals surface area contributed by atoms with Crippen LogP contribution in [0.1, 0.15) is 49.4 Å². The van der Waals surface area contributed by atoms with Crippen molar-refractivity contribution in [1.29, 1.82) is 0 Å². The summed E-state index contributed by atoms with van der Waals surface area (Å²) >= 11 is 3.66. The fourth-order valence-corrected chi connectivity index (χ4v) is 5.82. The number of aromatic nitrogens is 3. The van der Waals surface area contributed by atoms with Crippen LogP contribution < -0.4 is 0 Å². The van der Waals surface area contributed by atoms with Crippen molar-refractivity contribution in [3.05, 3.63) is 28.2 Å². The van der Waals surface area contributed by atoms with E-state index in [1.807, 2.05) is 11.8 Å². The summed E-state index contributed by atoms with van der Waals surface area (Å²) in [5.74, 6) is 2.86. The third kappa shape index (κ3) is 5.13. The van der Waals surface area contributed by atoms with E-state index in [1.165, 1.54) is 63.1 Å². The minimum absolute atomic E-state index is 0.553. The molecule has 2 saturated heterocycles. The normalized spacial score (nSPS) is 20.3. The first kappa shape index (κ1) is 19.4. The molecule has 0 N–H and O–H groups in total. The molecule has 0 spiro atoms. The van der Waals surface area contributed by atoms with Crippen LogP contribution >= 0.6 is 23.1 Å². The molecule has 0 atom stereocenters. The molecule has 2 aromatic heterocycles. The zero-order chi connectivity index (χ0) is 18.5. The van der Waals surface area contributed by atoms with Crippen LogP contribution in [0.15, 0.2) is 22.0 Å². The van der Waals surface area contributed by atoms with Crippen LogP contribution in [0.5, 0.6) is 0 Å². The summed E-state index contributed by atoms with van der Waals surface area (Å²) in [6.45, 7) is 7.12. The summed E-state index contributed by atoms with van der Waals surface area (Å²) in [4.78, 5) is 5.17. The Hall–Kier alpha value is -0.890. The molecule has 4 rings (SSSR count). The molecule has 2 aliphatic heterocycles.